The van der Waals surface area contributed by atoms with Crippen LogP contribution in [-0.2, 0) is 20.8 Å². The summed E-state index contributed by atoms with van der Waals surface area (Å²) in [6, 6.07) is 13.4. The predicted molar refractivity (Wildman–Crippen MR) is 136 cm³/mol. The van der Waals surface area contributed by atoms with Gasteiger partial charge in [-0.3, -0.25) is 14.4 Å². The van der Waals surface area contributed by atoms with Gasteiger partial charge in [-0.2, -0.15) is 0 Å². The van der Waals surface area contributed by atoms with Crippen LogP contribution >= 0.6 is 11.6 Å². The summed E-state index contributed by atoms with van der Waals surface area (Å²) < 4.78 is 11.2. The first kappa shape index (κ1) is 25.8. The van der Waals surface area contributed by atoms with Gasteiger partial charge in [-0.15, -0.1) is 0 Å². The molecular weight excluding hydrogens is 482 g/mol. The zero-order valence-corrected chi connectivity index (χ0v) is 21.0. The number of hydrogen-bond donors (Lipinski definition) is 2. The molecule has 0 aromatic heterocycles. The molecule has 2 aromatic carbocycles. The smallest absolute Gasteiger partial charge is 0.239 e. The monoisotopic (exact) mass is 513 g/mol. The number of nitrogens with zero attached hydrogens (tertiary/aromatic N) is 1. The Labute approximate surface area is 216 Å². The van der Waals surface area contributed by atoms with Gasteiger partial charge in [0.05, 0.1) is 13.0 Å². The molecule has 2 heterocycles. The van der Waals surface area contributed by atoms with Gasteiger partial charge >= 0.3 is 0 Å². The molecule has 0 aliphatic carbocycles. The van der Waals surface area contributed by atoms with E-state index in [1.165, 1.54) is 4.90 Å². The van der Waals surface area contributed by atoms with E-state index in [9.17, 15) is 14.4 Å². The minimum atomic E-state index is -0.218. The van der Waals surface area contributed by atoms with Crippen molar-refractivity contribution in [2.75, 3.05) is 39.4 Å². The van der Waals surface area contributed by atoms with E-state index in [1.807, 2.05) is 18.2 Å². The fraction of sp³-hybridized carbons (Fsp3) is 0.444. The molecule has 1 fully saturated rings. The molecule has 2 aliphatic rings. The van der Waals surface area contributed by atoms with Crippen molar-refractivity contribution in [3.63, 3.8) is 0 Å². The van der Waals surface area contributed by atoms with Crippen molar-refractivity contribution in [2.24, 2.45) is 0 Å². The molecule has 8 nitrogen and oxygen atoms in total. The molecule has 0 radical (unpaired) electrons. The van der Waals surface area contributed by atoms with Gasteiger partial charge in [0.25, 0.3) is 0 Å². The van der Waals surface area contributed by atoms with E-state index in [0.29, 0.717) is 80.6 Å². The highest BCUT2D eigenvalue weighted by Gasteiger charge is 2.22. The van der Waals surface area contributed by atoms with Gasteiger partial charge in [-0.1, -0.05) is 41.9 Å². The van der Waals surface area contributed by atoms with Crippen LogP contribution in [0.25, 0.3) is 0 Å². The first-order chi connectivity index (χ1) is 17.5. The topological polar surface area (TPSA) is 97.0 Å². The van der Waals surface area contributed by atoms with Crippen LogP contribution in [0.4, 0.5) is 0 Å². The quantitative estimate of drug-likeness (QED) is 0.657. The third-order valence-corrected chi connectivity index (χ3v) is 6.82. The van der Waals surface area contributed by atoms with E-state index in [0.717, 1.165) is 5.56 Å². The number of benzene rings is 2. The highest BCUT2D eigenvalue weighted by Crippen LogP contribution is 2.35. The lowest BCUT2D eigenvalue weighted by Crippen LogP contribution is -2.43. The first-order valence-corrected chi connectivity index (χ1v) is 12.8. The Kier molecular flexibility index (Phi) is 9.06. The van der Waals surface area contributed by atoms with Gasteiger partial charge in [-0.05, 0) is 42.4 Å². The Hall–Kier alpha value is -3.26. The molecule has 192 valence electrons. The van der Waals surface area contributed by atoms with Crippen molar-refractivity contribution in [3.8, 4) is 11.5 Å². The molecule has 4 rings (SSSR count). The van der Waals surface area contributed by atoms with E-state index in [4.69, 9.17) is 21.1 Å². The van der Waals surface area contributed by atoms with Gasteiger partial charge < -0.3 is 25.0 Å². The Morgan fingerprint density at radius 1 is 0.972 bits per heavy atom. The van der Waals surface area contributed by atoms with Crippen molar-refractivity contribution < 1.29 is 23.9 Å². The van der Waals surface area contributed by atoms with Crippen molar-refractivity contribution >= 4 is 29.3 Å². The molecule has 2 aromatic rings. The number of carbonyl (C=O) groups is 3. The third kappa shape index (κ3) is 7.13. The summed E-state index contributed by atoms with van der Waals surface area (Å²) in [4.78, 5) is 39.9. The minimum Gasteiger partial charge on any atom is -0.486 e. The van der Waals surface area contributed by atoms with Crippen molar-refractivity contribution in [1.29, 1.82) is 0 Å². The number of amides is 3. The van der Waals surface area contributed by atoms with Crippen LogP contribution in [0.3, 0.4) is 0 Å². The highest BCUT2D eigenvalue weighted by molar-refractivity contribution is 6.31. The van der Waals surface area contributed by atoms with Gasteiger partial charge in [0, 0.05) is 37.1 Å². The standard InChI is InChI=1S/C27H32ClN3O5/c28-22-17-24-23(35-13-14-36-24)15-21(22)16-27(34)31-12-4-10-29-25(32)8-7-20(9-11-30-26(33)18-31)19-5-2-1-3-6-19/h1-3,5-6,15,17,20H,4,7-14,16,18H2,(H,29,32)(H,30,33). The second-order valence-corrected chi connectivity index (χ2v) is 9.47. The fourth-order valence-electron chi connectivity index (χ4n) is 4.52. The lowest BCUT2D eigenvalue weighted by atomic mass is 9.91. The van der Waals surface area contributed by atoms with Crippen molar-refractivity contribution in [2.45, 2.75) is 38.0 Å². The number of ether oxygens (including phenoxy) is 2. The first-order valence-electron chi connectivity index (χ1n) is 12.4. The van der Waals surface area contributed by atoms with E-state index < -0.39 is 0 Å². The average Bonchev–Trinajstić information content (AvgIpc) is 2.88. The molecule has 0 spiro atoms. The van der Waals surface area contributed by atoms with E-state index in [2.05, 4.69) is 22.8 Å². The van der Waals surface area contributed by atoms with Gasteiger partial charge in [0.2, 0.25) is 17.7 Å². The summed E-state index contributed by atoms with van der Waals surface area (Å²) in [5.74, 6) is 0.856. The Balaban J connectivity index is 1.42. The zero-order valence-electron chi connectivity index (χ0n) is 20.3. The zero-order chi connectivity index (χ0) is 25.3. The molecule has 1 atom stereocenters. The van der Waals surface area contributed by atoms with E-state index >= 15 is 0 Å². The van der Waals surface area contributed by atoms with Crippen LogP contribution in [0.5, 0.6) is 11.5 Å². The molecule has 2 aliphatic heterocycles. The summed E-state index contributed by atoms with van der Waals surface area (Å²) >= 11 is 6.40. The molecule has 1 unspecified atom stereocenters. The van der Waals surface area contributed by atoms with Crippen molar-refractivity contribution in [3.05, 3.63) is 58.6 Å². The van der Waals surface area contributed by atoms with Crippen LogP contribution in [-0.4, -0.2) is 62.0 Å². The number of nitrogens with one attached hydrogen (secondary N) is 2. The van der Waals surface area contributed by atoms with E-state index in [1.54, 1.807) is 12.1 Å². The summed E-state index contributed by atoms with van der Waals surface area (Å²) in [6.07, 6.45) is 2.42. The lowest BCUT2D eigenvalue weighted by Gasteiger charge is -2.25. The van der Waals surface area contributed by atoms with Crippen LogP contribution in [0.2, 0.25) is 5.02 Å². The van der Waals surface area contributed by atoms with Gasteiger partial charge in [0.1, 0.15) is 13.2 Å². The number of fused-ring (bicyclic) bond motifs is 1. The number of halogens is 1. The SMILES string of the molecule is O=C1CCC(c2ccccc2)CCNC(=O)CN(C(=O)Cc2cc3c(cc2Cl)OCCO3)CCCN1. The molecule has 1 saturated heterocycles. The predicted octanol–water partition coefficient (Wildman–Crippen LogP) is 3.07. The summed E-state index contributed by atoms with van der Waals surface area (Å²) in [5, 5.41) is 6.31. The Morgan fingerprint density at radius 3 is 2.47 bits per heavy atom. The maximum absolute atomic E-state index is 13.2. The second-order valence-electron chi connectivity index (χ2n) is 9.07. The number of rotatable bonds is 3. The second kappa shape index (κ2) is 12.6. The summed E-state index contributed by atoms with van der Waals surface area (Å²) in [7, 11) is 0. The van der Waals surface area contributed by atoms with Gasteiger partial charge in [-0.25, -0.2) is 0 Å². The van der Waals surface area contributed by atoms with Crippen LogP contribution in [0.1, 0.15) is 42.7 Å². The molecular formula is C27H32ClN3O5. The van der Waals surface area contributed by atoms with Crippen LogP contribution in [0, 0.1) is 0 Å². The molecule has 3 amide bonds. The maximum Gasteiger partial charge on any atom is 0.239 e. The van der Waals surface area contributed by atoms with Crippen LogP contribution in [0.15, 0.2) is 42.5 Å². The molecule has 0 bridgehead atoms. The van der Waals surface area contributed by atoms with Gasteiger partial charge in [0.15, 0.2) is 11.5 Å². The van der Waals surface area contributed by atoms with Crippen molar-refractivity contribution in [1.82, 2.24) is 15.5 Å². The molecule has 9 heteroatoms. The Bertz CT molecular complexity index is 1080. The summed E-state index contributed by atoms with van der Waals surface area (Å²) in [6.45, 7) is 2.09. The summed E-state index contributed by atoms with van der Waals surface area (Å²) in [5.41, 5.74) is 1.77. The fourth-order valence-corrected chi connectivity index (χ4v) is 4.74. The molecule has 2 N–H and O–H groups in total. The third-order valence-electron chi connectivity index (χ3n) is 6.47. The molecule has 36 heavy (non-hydrogen) atoms. The largest absolute Gasteiger partial charge is 0.486 e. The van der Waals surface area contributed by atoms with E-state index in [-0.39, 0.29) is 36.6 Å². The Morgan fingerprint density at radius 2 is 1.69 bits per heavy atom. The normalized spacial score (nSPS) is 19.6. The lowest BCUT2D eigenvalue weighted by molar-refractivity contribution is -0.135. The average molecular weight is 514 g/mol. The highest BCUT2D eigenvalue weighted by atomic mass is 35.5. The minimum absolute atomic E-state index is 0.00189. The van der Waals surface area contributed by atoms with Crippen LogP contribution < -0.4 is 20.1 Å². The maximum atomic E-state index is 13.2. The number of carbonyl (C=O) groups excluding carboxylic acids is 3. The molecule has 0 saturated carbocycles. The number of hydrogen-bond acceptors (Lipinski definition) is 5.